The maximum atomic E-state index is 13.3. The Hall–Kier alpha value is -1.78. The third-order valence-electron chi connectivity index (χ3n) is 2.52. The fraction of sp³-hybridized carbons (Fsp3) is 0.417. The molecule has 4 nitrogen and oxygen atoms in total. The first kappa shape index (κ1) is 11.7. The number of nitrogens with one attached hydrogen (secondary N) is 1. The number of carbonyl (C=O) groups is 1. The van der Waals surface area contributed by atoms with Gasteiger partial charge in [0.1, 0.15) is 0 Å². The molecule has 0 aromatic heterocycles. The molecule has 1 saturated carbocycles. The van der Waals surface area contributed by atoms with Crippen molar-refractivity contribution in [1.29, 1.82) is 0 Å². The van der Waals surface area contributed by atoms with Crippen molar-refractivity contribution in [2.24, 2.45) is 0 Å². The summed E-state index contributed by atoms with van der Waals surface area (Å²) < 4.78 is 18.5. The van der Waals surface area contributed by atoms with Gasteiger partial charge in [0, 0.05) is 6.04 Å². The van der Waals surface area contributed by atoms with Gasteiger partial charge in [0.15, 0.2) is 11.6 Å². The number of halogens is 1. The Kier molecular flexibility index (Phi) is 3.46. The maximum Gasteiger partial charge on any atom is 0.223 e. The van der Waals surface area contributed by atoms with E-state index in [1.165, 1.54) is 12.1 Å². The Morgan fingerprint density at radius 3 is 2.94 bits per heavy atom. The lowest BCUT2D eigenvalue weighted by Gasteiger charge is -2.09. The van der Waals surface area contributed by atoms with Gasteiger partial charge in [-0.1, -0.05) is 6.07 Å². The lowest BCUT2D eigenvalue weighted by atomic mass is 10.3. The molecule has 1 aromatic rings. The van der Waals surface area contributed by atoms with Gasteiger partial charge in [-0.2, -0.15) is 0 Å². The number of benzene rings is 1. The van der Waals surface area contributed by atoms with Gasteiger partial charge in [0.25, 0.3) is 0 Å². The van der Waals surface area contributed by atoms with E-state index in [0.29, 0.717) is 6.04 Å². The second kappa shape index (κ2) is 5.03. The van der Waals surface area contributed by atoms with Crippen LogP contribution in [0.25, 0.3) is 0 Å². The van der Waals surface area contributed by atoms with Crippen molar-refractivity contribution in [3.05, 3.63) is 24.0 Å². The van der Waals surface area contributed by atoms with Gasteiger partial charge in [0.2, 0.25) is 5.91 Å². The molecule has 2 rings (SSSR count). The molecule has 0 heterocycles. The monoisotopic (exact) mass is 238 g/mol. The fourth-order valence-corrected chi connectivity index (χ4v) is 1.45. The van der Waals surface area contributed by atoms with Gasteiger partial charge < -0.3 is 15.8 Å². The van der Waals surface area contributed by atoms with Crippen LogP contribution in [0.1, 0.15) is 19.3 Å². The topological polar surface area (TPSA) is 64.3 Å². The van der Waals surface area contributed by atoms with Crippen molar-refractivity contribution in [1.82, 2.24) is 5.32 Å². The molecule has 0 bridgehead atoms. The van der Waals surface area contributed by atoms with E-state index in [2.05, 4.69) is 5.32 Å². The second-order valence-electron chi connectivity index (χ2n) is 4.10. The van der Waals surface area contributed by atoms with Crippen molar-refractivity contribution in [2.45, 2.75) is 25.3 Å². The quantitative estimate of drug-likeness (QED) is 0.763. The molecule has 92 valence electrons. The van der Waals surface area contributed by atoms with Crippen LogP contribution in [0.15, 0.2) is 18.2 Å². The Morgan fingerprint density at radius 1 is 1.53 bits per heavy atom. The summed E-state index contributed by atoms with van der Waals surface area (Å²) in [6, 6.07) is 4.68. The summed E-state index contributed by atoms with van der Waals surface area (Å²) in [4.78, 5) is 11.3. The lowest BCUT2D eigenvalue weighted by molar-refractivity contribution is -0.121. The molecule has 0 radical (unpaired) electrons. The average Bonchev–Trinajstić information content (AvgIpc) is 3.06. The molecule has 0 atom stereocenters. The largest absolute Gasteiger partial charge is 0.488 e. The fourth-order valence-electron chi connectivity index (χ4n) is 1.45. The van der Waals surface area contributed by atoms with E-state index < -0.39 is 5.82 Å². The predicted molar refractivity (Wildman–Crippen MR) is 62.1 cm³/mol. The molecule has 0 saturated heterocycles. The van der Waals surface area contributed by atoms with E-state index in [-0.39, 0.29) is 30.4 Å². The van der Waals surface area contributed by atoms with E-state index in [1.54, 1.807) is 6.07 Å². The number of carbonyl (C=O) groups excluding carboxylic acids is 1. The highest BCUT2D eigenvalue weighted by Gasteiger charge is 2.22. The van der Waals surface area contributed by atoms with Crippen LogP contribution in [-0.4, -0.2) is 18.6 Å². The molecular formula is C12H15FN2O2. The number of para-hydroxylation sites is 1. The highest BCUT2D eigenvalue weighted by atomic mass is 19.1. The van der Waals surface area contributed by atoms with E-state index in [1.807, 2.05) is 0 Å². The molecule has 1 fully saturated rings. The number of nitrogens with two attached hydrogens (primary N) is 1. The highest BCUT2D eigenvalue weighted by molar-refractivity contribution is 5.76. The van der Waals surface area contributed by atoms with E-state index in [9.17, 15) is 9.18 Å². The number of nitrogen functional groups attached to an aromatic ring is 1. The zero-order valence-corrected chi connectivity index (χ0v) is 9.41. The minimum absolute atomic E-state index is 0.0201. The van der Waals surface area contributed by atoms with Crippen LogP contribution in [0.4, 0.5) is 10.1 Å². The molecule has 0 aliphatic heterocycles. The zero-order valence-electron chi connectivity index (χ0n) is 9.41. The average molecular weight is 238 g/mol. The third kappa shape index (κ3) is 3.34. The first-order valence-corrected chi connectivity index (χ1v) is 5.63. The molecule has 3 N–H and O–H groups in total. The number of hydrogen-bond acceptors (Lipinski definition) is 3. The van der Waals surface area contributed by atoms with Gasteiger partial charge in [-0.15, -0.1) is 0 Å². The van der Waals surface area contributed by atoms with E-state index in [0.717, 1.165) is 12.8 Å². The number of ether oxygens (including phenoxy) is 1. The lowest BCUT2D eigenvalue weighted by Crippen LogP contribution is -2.26. The molecule has 1 amide bonds. The molecule has 0 spiro atoms. The van der Waals surface area contributed by atoms with Crippen molar-refractivity contribution in [2.75, 3.05) is 12.3 Å². The smallest absolute Gasteiger partial charge is 0.223 e. The second-order valence-corrected chi connectivity index (χ2v) is 4.10. The van der Waals surface area contributed by atoms with Gasteiger partial charge >= 0.3 is 0 Å². The first-order valence-electron chi connectivity index (χ1n) is 5.63. The molecule has 0 unspecified atom stereocenters. The van der Waals surface area contributed by atoms with Crippen molar-refractivity contribution in [3.8, 4) is 5.75 Å². The van der Waals surface area contributed by atoms with Crippen molar-refractivity contribution < 1.29 is 13.9 Å². The number of anilines is 1. The Morgan fingerprint density at radius 2 is 2.29 bits per heavy atom. The zero-order chi connectivity index (χ0) is 12.3. The summed E-state index contributed by atoms with van der Waals surface area (Å²) in [6.07, 6.45) is 2.31. The predicted octanol–water partition coefficient (Wildman–Crippen LogP) is 1.46. The standard InChI is InChI=1S/C12H15FN2O2/c13-9-2-1-3-10(14)12(9)17-7-6-11(16)15-8-4-5-8/h1-3,8H,4-7,14H2,(H,15,16). The SMILES string of the molecule is Nc1cccc(F)c1OCCC(=O)NC1CC1. The summed E-state index contributed by atoms with van der Waals surface area (Å²) in [5.74, 6) is -0.554. The van der Waals surface area contributed by atoms with Crippen LogP contribution in [-0.2, 0) is 4.79 Å². The van der Waals surface area contributed by atoms with Gasteiger partial charge in [-0.05, 0) is 25.0 Å². The van der Waals surface area contributed by atoms with Crippen LogP contribution in [0, 0.1) is 5.82 Å². The van der Waals surface area contributed by atoms with Gasteiger partial charge in [-0.25, -0.2) is 4.39 Å². The summed E-state index contributed by atoms with van der Waals surface area (Å²) >= 11 is 0. The number of hydrogen-bond donors (Lipinski definition) is 2. The van der Waals surface area contributed by atoms with Crippen LogP contribution < -0.4 is 15.8 Å². The molecule has 1 aliphatic carbocycles. The van der Waals surface area contributed by atoms with Crippen LogP contribution in [0.5, 0.6) is 5.75 Å². The van der Waals surface area contributed by atoms with Crippen molar-refractivity contribution in [3.63, 3.8) is 0 Å². The highest BCUT2D eigenvalue weighted by Crippen LogP contribution is 2.24. The molecule has 1 aromatic carbocycles. The molecular weight excluding hydrogens is 223 g/mol. The van der Waals surface area contributed by atoms with Crippen LogP contribution in [0.2, 0.25) is 0 Å². The van der Waals surface area contributed by atoms with Crippen LogP contribution >= 0.6 is 0 Å². The Balaban J connectivity index is 1.79. The minimum Gasteiger partial charge on any atom is -0.488 e. The Labute approximate surface area is 98.9 Å². The summed E-state index contributed by atoms with van der Waals surface area (Å²) in [7, 11) is 0. The first-order chi connectivity index (χ1) is 8.16. The third-order valence-corrected chi connectivity index (χ3v) is 2.52. The van der Waals surface area contributed by atoms with Gasteiger partial charge in [0.05, 0.1) is 18.7 Å². The van der Waals surface area contributed by atoms with Crippen molar-refractivity contribution >= 4 is 11.6 Å². The Bertz CT molecular complexity index is 399. The van der Waals surface area contributed by atoms with E-state index in [4.69, 9.17) is 10.5 Å². The summed E-state index contributed by atoms with van der Waals surface area (Å²) in [5.41, 5.74) is 5.81. The molecule has 17 heavy (non-hydrogen) atoms. The molecule has 1 aliphatic rings. The maximum absolute atomic E-state index is 13.3. The summed E-state index contributed by atoms with van der Waals surface area (Å²) in [6.45, 7) is 0.129. The summed E-state index contributed by atoms with van der Waals surface area (Å²) in [5, 5.41) is 2.83. The normalized spacial score (nSPS) is 14.4. The van der Waals surface area contributed by atoms with E-state index >= 15 is 0 Å². The molecule has 5 heteroatoms. The van der Waals surface area contributed by atoms with Crippen LogP contribution in [0.3, 0.4) is 0 Å². The number of amides is 1. The number of rotatable bonds is 5. The minimum atomic E-state index is -0.507. The van der Waals surface area contributed by atoms with Gasteiger partial charge in [-0.3, -0.25) is 4.79 Å².